The first-order chi connectivity index (χ1) is 21.1. The van der Waals surface area contributed by atoms with Crippen molar-refractivity contribution in [3.63, 3.8) is 0 Å². The molecule has 44 heavy (non-hydrogen) atoms. The van der Waals surface area contributed by atoms with E-state index in [-0.39, 0.29) is 5.82 Å². The van der Waals surface area contributed by atoms with E-state index in [0.29, 0.717) is 0 Å². The summed E-state index contributed by atoms with van der Waals surface area (Å²) in [6, 6.07) is 12.9. The summed E-state index contributed by atoms with van der Waals surface area (Å²) >= 11 is 0. The minimum atomic E-state index is -0.216. The van der Waals surface area contributed by atoms with Crippen LogP contribution in [0.15, 0.2) is 107 Å². The van der Waals surface area contributed by atoms with E-state index in [4.69, 9.17) is 0 Å². The molecule has 246 valence electrons. The first-order valence-corrected chi connectivity index (χ1v) is 16.2. The third-order valence-electron chi connectivity index (χ3n) is 5.86. The van der Waals surface area contributed by atoms with Crippen LogP contribution in [0.4, 0.5) is 4.39 Å². The van der Waals surface area contributed by atoms with Crippen LogP contribution in [0, 0.1) is 12.7 Å². The van der Waals surface area contributed by atoms with Crippen LogP contribution in [-0.2, 0) is 6.42 Å². The number of rotatable bonds is 8. The SMILES string of the molecule is C/C=C\C.C=C(C)C(C)=N/C=C(CC)/C(C=NC)=C/C.C=C(c1ccc(F)cc1)c1cc(C)ccc1CC.CC.CC.CC. The summed E-state index contributed by atoms with van der Waals surface area (Å²) in [6.45, 7) is 36.3. The van der Waals surface area contributed by atoms with Crippen LogP contribution in [0.1, 0.15) is 119 Å². The molecular formula is C41H65FN2. The highest BCUT2D eigenvalue weighted by molar-refractivity contribution is 5.97. The van der Waals surface area contributed by atoms with E-state index >= 15 is 0 Å². The highest BCUT2D eigenvalue weighted by atomic mass is 19.1. The van der Waals surface area contributed by atoms with Crippen LogP contribution >= 0.6 is 0 Å². The second kappa shape index (κ2) is 32.3. The fourth-order valence-electron chi connectivity index (χ4n) is 3.22. The Kier molecular flexibility index (Phi) is 34.8. The average Bonchev–Trinajstić information content (AvgIpc) is 3.07. The zero-order valence-electron chi connectivity index (χ0n) is 31.0. The predicted molar refractivity (Wildman–Crippen MR) is 204 cm³/mol. The van der Waals surface area contributed by atoms with Crippen LogP contribution in [0.25, 0.3) is 5.57 Å². The van der Waals surface area contributed by atoms with Crippen molar-refractivity contribution in [2.24, 2.45) is 9.98 Å². The Balaban J connectivity index is -0.000000283. The molecule has 2 rings (SSSR count). The van der Waals surface area contributed by atoms with E-state index in [9.17, 15) is 4.39 Å². The summed E-state index contributed by atoms with van der Waals surface area (Å²) < 4.78 is 12.9. The third-order valence-corrected chi connectivity index (χ3v) is 5.86. The van der Waals surface area contributed by atoms with Gasteiger partial charge in [0.15, 0.2) is 0 Å². The van der Waals surface area contributed by atoms with Crippen molar-refractivity contribution in [2.45, 2.75) is 110 Å². The van der Waals surface area contributed by atoms with Gasteiger partial charge >= 0.3 is 0 Å². The van der Waals surface area contributed by atoms with Gasteiger partial charge in [-0.2, -0.15) is 0 Å². The van der Waals surface area contributed by atoms with E-state index < -0.39 is 0 Å². The molecule has 0 aliphatic rings. The normalized spacial score (nSPS) is 10.9. The molecule has 0 radical (unpaired) electrons. The van der Waals surface area contributed by atoms with E-state index in [1.54, 1.807) is 19.2 Å². The van der Waals surface area contributed by atoms with Gasteiger partial charge < -0.3 is 0 Å². The Labute approximate surface area is 273 Å². The number of aliphatic imine (C=N–C) groups is 2. The molecule has 2 aromatic carbocycles. The van der Waals surface area contributed by atoms with Gasteiger partial charge in [0.05, 0.1) is 0 Å². The molecule has 0 bridgehead atoms. The van der Waals surface area contributed by atoms with Crippen LogP contribution < -0.4 is 0 Å². The van der Waals surface area contributed by atoms with Crippen molar-refractivity contribution < 1.29 is 4.39 Å². The Morgan fingerprint density at radius 3 is 1.75 bits per heavy atom. The number of allylic oxidation sites excluding steroid dienone is 6. The van der Waals surface area contributed by atoms with E-state index in [1.165, 1.54) is 28.8 Å². The first kappa shape index (κ1) is 47.3. The first-order valence-electron chi connectivity index (χ1n) is 16.2. The minimum absolute atomic E-state index is 0.216. The van der Waals surface area contributed by atoms with Crippen LogP contribution in [0.3, 0.4) is 0 Å². The smallest absolute Gasteiger partial charge is 0.123 e. The molecule has 0 amide bonds. The molecule has 0 saturated heterocycles. The molecule has 0 aromatic heterocycles. The zero-order chi connectivity index (χ0) is 35.1. The lowest BCUT2D eigenvalue weighted by Crippen LogP contribution is -1.94. The monoisotopic (exact) mass is 605 g/mol. The lowest BCUT2D eigenvalue weighted by molar-refractivity contribution is 0.627. The Morgan fingerprint density at radius 1 is 0.841 bits per heavy atom. The largest absolute Gasteiger partial charge is 0.296 e. The second-order valence-electron chi connectivity index (χ2n) is 8.80. The van der Waals surface area contributed by atoms with Gasteiger partial charge in [-0.25, -0.2) is 4.39 Å². The molecule has 0 unspecified atom stereocenters. The number of benzene rings is 2. The Bertz CT molecular complexity index is 1170. The fraction of sp³-hybridized carbons (Fsp3) is 0.415. The second-order valence-corrected chi connectivity index (χ2v) is 8.80. The zero-order valence-corrected chi connectivity index (χ0v) is 31.0. The molecule has 0 saturated carbocycles. The molecule has 0 N–H and O–H groups in total. The summed E-state index contributed by atoms with van der Waals surface area (Å²) in [5.74, 6) is -0.216. The van der Waals surface area contributed by atoms with Gasteiger partial charge in [-0.15, -0.1) is 0 Å². The van der Waals surface area contributed by atoms with E-state index in [1.807, 2.05) is 107 Å². The van der Waals surface area contributed by atoms with Crippen LogP contribution in [0.2, 0.25) is 0 Å². The third kappa shape index (κ3) is 21.2. The van der Waals surface area contributed by atoms with E-state index in [2.05, 4.69) is 62.1 Å². The summed E-state index contributed by atoms with van der Waals surface area (Å²) in [5.41, 5.74) is 9.85. The molecule has 0 aliphatic carbocycles. The minimum Gasteiger partial charge on any atom is -0.296 e. The van der Waals surface area contributed by atoms with Crippen molar-refractivity contribution in [1.29, 1.82) is 0 Å². The van der Waals surface area contributed by atoms with Crippen LogP contribution in [0.5, 0.6) is 0 Å². The van der Waals surface area contributed by atoms with E-state index in [0.717, 1.165) is 46.4 Å². The van der Waals surface area contributed by atoms with Gasteiger partial charge in [0.1, 0.15) is 5.82 Å². The summed E-state index contributed by atoms with van der Waals surface area (Å²) in [6.07, 6.45) is 11.7. The maximum atomic E-state index is 12.9. The standard InChI is InChI=1S/C17H17F.C14H22N2.C4H8.3C2H6/c1-4-14-6-5-12(2)11-17(14)13(3)15-7-9-16(18)10-8-15;1-7-13(9-15-6)14(8-2)10-16-12(5)11(3)4;1-3-4-2;3*1-2/h5-11H,3-4H2,1-2H3;7,9-10H,3,8H2,1-2,4-6H3;3-4H,1-2H3;3*1-2H3/b;13-7+,14-10+,15-9?,16-12?;4-3-;;;. The lowest BCUT2D eigenvalue weighted by Gasteiger charge is -2.12. The van der Waals surface area contributed by atoms with Crippen LogP contribution in [-0.4, -0.2) is 19.0 Å². The Hall–Kier alpha value is -3.59. The lowest BCUT2D eigenvalue weighted by atomic mass is 9.93. The topological polar surface area (TPSA) is 24.7 Å². The number of nitrogens with zero attached hydrogens (tertiary/aromatic N) is 2. The fourth-order valence-corrected chi connectivity index (χ4v) is 3.22. The van der Waals surface area contributed by atoms with Gasteiger partial charge in [-0.05, 0) is 105 Å². The van der Waals surface area contributed by atoms with Crippen molar-refractivity contribution in [3.05, 3.63) is 125 Å². The van der Waals surface area contributed by atoms with Crippen molar-refractivity contribution in [3.8, 4) is 0 Å². The van der Waals surface area contributed by atoms with Gasteiger partial charge in [0.2, 0.25) is 0 Å². The molecule has 2 aromatic rings. The summed E-state index contributed by atoms with van der Waals surface area (Å²) in [7, 11) is 1.78. The summed E-state index contributed by atoms with van der Waals surface area (Å²) in [4.78, 5) is 8.44. The summed E-state index contributed by atoms with van der Waals surface area (Å²) in [5, 5.41) is 0. The number of halogens is 1. The quantitative estimate of drug-likeness (QED) is 0.163. The maximum Gasteiger partial charge on any atom is 0.123 e. The number of hydrogen-bond donors (Lipinski definition) is 0. The maximum absolute atomic E-state index is 12.9. The van der Waals surface area contributed by atoms with Gasteiger partial charge in [-0.3, -0.25) is 9.98 Å². The number of aryl methyl sites for hydroxylation is 2. The average molecular weight is 605 g/mol. The van der Waals surface area contributed by atoms with Gasteiger partial charge in [0.25, 0.3) is 0 Å². The molecular weight excluding hydrogens is 539 g/mol. The highest BCUT2D eigenvalue weighted by Gasteiger charge is 2.07. The molecule has 3 heteroatoms. The van der Waals surface area contributed by atoms with Crippen molar-refractivity contribution in [1.82, 2.24) is 0 Å². The highest BCUT2D eigenvalue weighted by Crippen LogP contribution is 2.26. The predicted octanol–water partition coefficient (Wildman–Crippen LogP) is 13.4. The molecule has 0 spiro atoms. The molecule has 0 heterocycles. The molecule has 0 aliphatic heterocycles. The number of hydrogen-bond acceptors (Lipinski definition) is 2. The van der Waals surface area contributed by atoms with Gasteiger partial charge in [0, 0.05) is 25.2 Å². The molecule has 2 nitrogen and oxygen atoms in total. The molecule has 0 fully saturated rings. The van der Waals surface area contributed by atoms with Crippen molar-refractivity contribution in [2.75, 3.05) is 7.05 Å². The van der Waals surface area contributed by atoms with Crippen molar-refractivity contribution >= 4 is 17.5 Å². The molecule has 0 atom stereocenters. The van der Waals surface area contributed by atoms with Gasteiger partial charge in [-0.1, -0.05) is 123 Å². The Morgan fingerprint density at radius 2 is 1.36 bits per heavy atom.